The number of benzene rings is 3. The Morgan fingerprint density at radius 3 is 2.09 bits per heavy atom. The van der Waals surface area contributed by atoms with Crippen LogP contribution < -0.4 is 16.0 Å². The quantitative estimate of drug-likeness (QED) is 0.197. The number of anilines is 3. The van der Waals surface area contributed by atoms with E-state index in [1.165, 1.54) is 23.1 Å². The zero-order valence-electron chi connectivity index (χ0n) is 17.8. The van der Waals surface area contributed by atoms with Gasteiger partial charge in [-0.05, 0) is 61.1 Å². The maximum Gasteiger partial charge on any atom is 0.244 e. The van der Waals surface area contributed by atoms with Crippen LogP contribution in [0.1, 0.15) is 16.5 Å². The molecule has 8 heteroatoms. The number of rotatable bonds is 7. The number of amides is 1. The number of thiocarbonyl (C=S) groups is 1. The Hall–Kier alpha value is -3.20. The summed E-state index contributed by atoms with van der Waals surface area (Å²) in [5, 5.41) is 11.9. The largest absolute Gasteiger partial charge is 0.332 e. The van der Waals surface area contributed by atoms with Crippen molar-refractivity contribution in [3.05, 3.63) is 102 Å². The minimum Gasteiger partial charge on any atom is -0.332 e. The van der Waals surface area contributed by atoms with Crippen LogP contribution in [0, 0.1) is 6.92 Å². The summed E-state index contributed by atoms with van der Waals surface area (Å²) in [6.45, 7) is 1.91. The molecule has 0 saturated heterocycles. The lowest BCUT2D eigenvalue weighted by molar-refractivity contribution is -0.115. The second kappa shape index (κ2) is 11.1. The van der Waals surface area contributed by atoms with Crippen LogP contribution in [0.3, 0.4) is 0 Å². The van der Waals surface area contributed by atoms with Gasteiger partial charge in [-0.3, -0.25) is 4.79 Å². The highest BCUT2D eigenvalue weighted by atomic mass is 32.2. The first-order valence-corrected chi connectivity index (χ1v) is 12.4. The van der Waals surface area contributed by atoms with Crippen molar-refractivity contribution < 1.29 is 4.79 Å². The van der Waals surface area contributed by atoms with Gasteiger partial charge in [-0.2, -0.15) is 0 Å². The molecule has 1 aromatic heterocycles. The molecule has 33 heavy (non-hydrogen) atoms. The Kier molecular flexibility index (Phi) is 7.72. The fourth-order valence-electron chi connectivity index (χ4n) is 3.05. The molecule has 1 unspecified atom stereocenters. The molecule has 0 spiro atoms. The molecule has 3 N–H and O–H groups in total. The van der Waals surface area contributed by atoms with E-state index in [1.54, 1.807) is 0 Å². The van der Waals surface area contributed by atoms with E-state index in [2.05, 4.69) is 20.9 Å². The Morgan fingerprint density at radius 2 is 1.48 bits per heavy atom. The lowest BCUT2D eigenvalue weighted by atomic mass is 10.1. The zero-order chi connectivity index (χ0) is 23.0. The minimum atomic E-state index is -0.407. The topological polar surface area (TPSA) is 66.1 Å². The van der Waals surface area contributed by atoms with Gasteiger partial charge in [0, 0.05) is 21.7 Å². The maximum atomic E-state index is 13.1. The summed E-state index contributed by atoms with van der Waals surface area (Å²) >= 11 is 8.32. The Balaban J connectivity index is 1.43. The summed E-state index contributed by atoms with van der Waals surface area (Å²) in [6.07, 6.45) is 0. The minimum absolute atomic E-state index is 0.101. The van der Waals surface area contributed by atoms with Crippen molar-refractivity contribution in [2.75, 3.05) is 16.0 Å². The molecule has 0 bridgehead atoms. The number of thioether (sulfide) groups is 1. The summed E-state index contributed by atoms with van der Waals surface area (Å²) in [7, 11) is 0. The molecule has 0 aliphatic rings. The number of nitrogens with zero attached hydrogens (tertiary/aromatic N) is 1. The molecule has 0 aliphatic heterocycles. The summed E-state index contributed by atoms with van der Waals surface area (Å²) in [5.41, 5.74) is 3.62. The number of carbonyl (C=O) groups excluding carboxylic acids is 1. The average molecular weight is 491 g/mol. The molecule has 3 aromatic carbocycles. The van der Waals surface area contributed by atoms with Gasteiger partial charge in [0.05, 0.1) is 5.69 Å². The first-order chi connectivity index (χ1) is 16.1. The molecule has 1 atom stereocenters. The highest BCUT2D eigenvalue weighted by Crippen LogP contribution is 2.37. The fraction of sp³-hybridized carbons (Fsp3) is 0.0800. The van der Waals surface area contributed by atoms with Crippen LogP contribution in [0.15, 0.2) is 95.2 Å². The standard InChI is InChI=1S/C25H22N4OS3/c1-17-16-32-25(26-17)29-23(30)22(18-8-4-2-5-9-18)33-21-14-12-20(13-15-21)28-24(31)27-19-10-6-3-7-11-19/h2-16,22H,1H3,(H,26,29,30)(H2,27,28,31). The lowest BCUT2D eigenvalue weighted by Crippen LogP contribution is -2.19. The molecule has 166 valence electrons. The Labute approximate surface area is 206 Å². The van der Waals surface area contributed by atoms with Gasteiger partial charge in [-0.15, -0.1) is 23.1 Å². The predicted molar refractivity (Wildman–Crippen MR) is 143 cm³/mol. The van der Waals surface area contributed by atoms with Crippen LogP contribution in [-0.4, -0.2) is 16.0 Å². The van der Waals surface area contributed by atoms with Crippen molar-refractivity contribution in [2.24, 2.45) is 0 Å². The van der Waals surface area contributed by atoms with Crippen LogP contribution >= 0.6 is 35.3 Å². The van der Waals surface area contributed by atoms with E-state index >= 15 is 0 Å². The second-order valence-electron chi connectivity index (χ2n) is 7.16. The van der Waals surface area contributed by atoms with Crippen LogP contribution in [0.4, 0.5) is 16.5 Å². The Morgan fingerprint density at radius 1 is 0.879 bits per heavy atom. The SMILES string of the molecule is Cc1csc(NC(=O)C(Sc2ccc(NC(=S)Nc3ccccc3)cc2)c2ccccc2)n1. The normalized spacial score (nSPS) is 11.4. The first-order valence-electron chi connectivity index (χ1n) is 10.2. The summed E-state index contributed by atoms with van der Waals surface area (Å²) in [6, 6.07) is 27.4. The fourth-order valence-corrected chi connectivity index (χ4v) is 5.00. The molecule has 0 saturated carbocycles. The van der Waals surface area contributed by atoms with Crippen LogP contribution in [-0.2, 0) is 4.79 Å². The van der Waals surface area contributed by atoms with Crippen molar-refractivity contribution >= 4 is 62.8 Å². The number of thiazole rings is 1. The van der Waals surface area contributed by atoms with Crippen molar-refractivity contribution in [3.8, 4) is 0 Å². The predicted octanol–water partition coefficient (Wildman–Crippen LogP) is 6.73. The molecule has 5 nitrogen and oxygen atoms in total. The van der Waals surface area contributed by atoms with Crippen molar-refractivity contribution in [1.29, 1.82) is 0 Å². The number of para-hydroxylation sites is 1. The van der Waals surface area contributed by atoms with E-state index in [0.717, 1.165) is 27.5 Å². The summed E-state index contributed by atoms with van der Waals surface area (Å²) < 4.78 is 0. The van der Waals surface area contributed by atoms with Gasteiger partial charge < -0.3 is 16.0 Å². The van der Waals surface area contributed by atoms with Gasteiger partial charge in [-0.1, -0.05) is 48.5 Å². The van der Waals surface area contributed by atoms with Crippen LogP contribution in [0.25, 0.3) is 0 Å². The molecule has 4 aromatic rings. The van der Waals surface area contributed by atoms with Gasteiger partial charge >= 0.3 is 0 Å². The van der Waals surface area contributed by atoms with Crippen LogP contribution in [0.5, 0.6) is 0 Å². The molecular formula is C25H22N4OS3. The van der Waals surface area contributed by atoms with Gasteiger partial charge in [0.1, 0.15) is 5.25 Å². The van der Waals surface area contributed by atoms with Crippen molar-refractivity contribution in [2.45, 2.75) is 17.1 Å². The molecule has 0 fully saturated rings. The van der Waals surface area contributed by atoms with E-state index in [0.29, 0.717) is 10.2 Å². The monoisotopic (exact) mass is 490 g/mol. The lowest BCUT2D eigenvalue weighted by Gasteiger charge is -2.17. The second-order valence-corrected chi connectivity index (χ2v) is 9.61. The Bertz CT molecular complexity index is 1210. The number of nitrogens with one attached hydrogen (secondary N) is 3. The summed E-state index contributed by atoms with van der Waals surface area (Å²) in [4.78, 5) is 18.4. The zero-order valence-corrected chi connectivity index (χ0v) is 20.3. The van der Waals surface area contributed by atoms with E-state index < -0.39 is 5.25 Å². The number of carbonyl (C=O) groups is 1. The van der Waals surface area contributed by atoms with Crippen LogP contribution in [0.2, 0.25) is 0 Å². The molecule has 1 heterocycles. The van der Waals surface area contributed by atoms with E-state index in [1.807, 2.05) is 97.2 Å². The van der Waals surface area contributed by atoms with Crippen molar-refractivity contribution in [1.82, 2.24) is 4.98 Å². The van der Waals surface area contributed by atoms with Gasteiger partial charge in [0.2, 0.25) is 5.91 Å². The smallest absolute Gasteiger partial charge is 0.244 e. The van der Waals surface area contributed by atoms with E-state index in [9.17, 15) is 4.79 Å². The van der Waals surface area contributed by atoms with E-state index in [4.69, 9.17) is 12.2 Å². The number of hydrogen-bond acceptors (Lipinski definition) is 5. The van der Waals surface area contributed by atoms with E-state index in [-0.39, 0.29) is 5.91 Å². The van der Waals surface area contributed by atoms with Gasteiger partial charge in [-0.25, -0.2) is 4.98 Å². The molecule has 1 amide bonds. The third-order valence-corrected chi connectivity index (χ3v) is 6.93. The maximum absolute atomic E-state index is 13.1. The third-order valence-electron chi connectivity index (χ3n) is 4.59. The summed E-state index contributed by atoms with van der Waals surface area (Å²) in [5.74, 6) is -0.101. The van der Waals surface area contributed by atoms with Crippen molar-refractivity contribution in [3.63, 3.8) is 0 Å². The first kappa shape index (κ1) is 23.0. The molecule has 0 aliphatic carbocycles. The van der Waals surface area contributed by atoms with Gasteiger partial charge in [0.25, 0.3) is 0 Å². The number of aryl methyl sites for hydroxylation is 1. The number of aromatic nitrogens is 1. The highest BCUT2D eigenvalue weighted by Gasteiger charge is 2.23. The average Bonchev–Trinajstić information content (AvgIpc) is 3.24. The third kappa shape index (κ3) is 6.64. The molecular weight excluding hydrogens is 469 g/mol. The van der Waals surface area contributed by atoms with Gasteiger partial charge in [0.15, 0.2) is 10.2 Å². The molecule has 0 radical (unpaired) electrons. The highest BCUT2D eigenvalue weighted by molar-refractivity contribution is 8.00. The number of hydrogen-bond donors (Lipinski definition) is 3. The molecule has 4 rings (SSSR count).